The third-order valence-corrected chi connectivity index (χ3v) is 3.01. The summed E-state index contributed by atoms with van der Waals surface area (Å²) in [6.45, 7) is 3.69. The van der Waals surface area contributed by atoms with Gasteiger partial charge in [0, 0.05) is 18.5 Å². The Hall–Kier alpha value is -1.65. The van der Waals surface area contributed by atoms with Crippen molar-refractivity contribution >= 4 is 10.9 Å². The Morgan fingerprint density at radius 3 is 2.94 bits per heavy atom. The molecule has 0 bridgehead atoms. The van der Waals surface area contributed by atoms with Crippen LogP contribution in [0.15, 0.2) is 29.1 Å². The number of nitrogens with one attached hydrogen (secondary N) is 1. The molecular formula is C14H19N2O2+. The van der Waals surface area contributed by atoms with Crippen LogP contribution in [0, 0.1) is 6.92 Å². The average Bonchev–Trinajstić information content (AvgIpc) is 2.35. The topological polar surface area (TPSA) is 69.7 Å². The number of nitrogens with two attached hydrogens (primary N) is 1. The zero-order chi connectivity index (χ0) is 13.0. The van der Waals surface area contributed by atoms with Crippen molar-refractivity contribution in [2.45, 2.75) is 19.9 Å². The van der Waals surface area contributed by atoms with E-state index < -0.39 is 0 Å². The lowest BCUT2D eigenvalue weighted by Crippen LogP contribution is -2.83. The summed E-state index contributed by atoms with van der Waals surface area (Å²) in [5.41, 5.74) is 2.79. The van der Waals surface area contributed by atoms with Crippen LogP contribution in [0.3, 0.4) is 0 Å². The number of H-pyrrole nitrogens is 1. The molecule has 0 aliphatic heterocycles. The molecule has 18 heavy (non-hydrogen) atoms. The maximum absolute atomic E-state index is 11.9. The van der Waals surface area contributed by atoms with Crippen LogP contribution in [0.2, 0.25) is 0 Å². The summed E-state index contributed by atoms with van der Waals surface area (Å²) in [7, 11) is 0. The molecule has 4 N–H and O–H groups in total. The molecule has 4 heteroatoms. The minimum atomic E-state index is -0.0200. The van der Waals surface area contributed by atoms with Crippen molar-refractivity contribution < 1.29 is 10.4 Å². The Balaban J connectivity index is 2.21. The summed E-state index contributed by atoms with van der Waals surface area (Å²) >= 11 is 0. The van der Waals surface area contributed by atoms with Gasteiger partial charge in [-0.3, -0.25) is 4.79 Å². The zero-order valence-electron chi connectivity index (χ0n) is 10.6. The maximum Gasteiger partial charge on any atom is 0.257 e. The Labute approximate surface area is 106 Å². The first-order valence-corrected chi connectivity index (χ1v) is 6.26. The van der Waals surface area contributed by atoms with Crippen molar-refractivity contribution in [1.29, 1.82) is 0 Å². The van der Waals surface area contributed by atoms with Crippen LogP contribution < -0.4 is 10.9 Å². The predicted molar refractivity (Wildman–Crippen MR) is 71.5 cm³/mol. The van der Waals surface area contributed by atoms with E-state index in [2.05, 4.69) is 4.98 Å². The lowest BCUT2D eigenvalue weighted by atomic mass is 10.1. The van der Waals surface area contributed by atoms with E-state index in [4.69, 9.17) is 5.11 Å². The molecule has 0 unspecified atom stereocenters. The van der Waals surface area contributed by atoms with E-state index in [0.29, 0.717) is 6.54 Å². The van der Waals surface area contributed by atoms with E-state index in [-0.39, 0.29) is 12.2 Å². The number of fused-ring (bicyclic) bond motifs is 1. The number of benzene rings is 1. The first-order valence-electron chi connectivity index (χ1n) is 6.26. The SMILES string of the molecule is Cc1ccc2cc(C[NH2+]CCCO)c(=O)[nH]c2c1. The third-order valence-electron chi connectivity index (χ3n) is 3.01. The van der Waals surface area contributed by atoms with E-state index in [1.54, 1.807) is 0 Å². The van der Waals surface area contributed by atoms with Crippen molar-refractivity contribution in [3.05, 3.63) is 45.7 Å². The maximum atomic E-state index is 11.9. The van der Waals surface area contributed by atoms with Crippen molar-refractivity contribution in [3.8, 4) is 0 Å². The molecule has 1 aromatic heterocycles. The van der Waals surface area contributed by atoms with Crippen molar-refractivity contribution in [2.24, 2.45) is 0 Å². The predicted octanol–water partition coefficient (Wildman–Crippen LogP) is 0.282. The van der Waals surface area contributed by atoms with Gasteiger partial charge in [-0.2, -0.15) is 0 Å². The van der Waals surface area contributed by atoms with Gasteiger partial charge >= 0.3 is 0 Å². The molecular weight excluding hydrogens is 228 g/mol. The summed E-state index contributed by atoms with van der Waals surface area (Å²) in [5, 5.41) is 11.8. The highest BCUT2D eigenvalue weighted by Crippen LogP contribution is 2.12. The molecule has 0 spiro atoms. The van der Waals surface area contributed by atoms with E-state index in [1.807, 2.05) is 36.5 Å². The number of quaternary nitrogens is 1. The molecule has 2 aromatic rings. The minimum Gasteiger partial charge on any atom is -0.396 e. The van der Waals surface area contributed by atoms with Gasteiger partial charge in [-0.15, -0.1) is 0 Å². The van der Waals surface area contributed by atoms with Crippen molar-refractivity contribution in [3.63, 3.8) is 0 Å². The van der Waals surface area contributed by atoms with Crippen molar-refractivity contribution in [1.82, 2.24) is 4.98 Å². The van der Waals surface area contributed by atoms with Crippen LogP contribution in [0.1, 0.15) is 17.5 Å². The second-order valence-corrected chi connectivity index (χ2v) is 4.57. The van der Waals surface area contributed by atoms with Gasteiger partial charge in [-0.1, -0.05) is 12.1 Å². The zero-order valence-corrected chi connectivity index (χ0v) is 10.6. The van der Waals surface area contributed by atoms with Gasteiger partial charge in [0.25, 0.3) is 5.56 Å². The van der Waals surface area contributed by atoms with Crippen LogP contribution in [0.5, 0.6) is 0 Å². The molecule has 0 aliphatic rings. The van der Waals surface area contributed by atoms with E-state index in [1.165, 1.54) is 0 Å². The van der Waals surface area contributed by atoms with Gasteiger partial charge in [0.05, 0.1) is 12.1 Å². The van der Waals surface area contributed by atoms with Crippen LogP contribution in [-0.4, -0.2) is 23.2 Å². The van der Waals surface area contributed by atoms with Crippen LogP contribution >= 0.6 is 0 Å². The van der Waals surface area contributed by atoms with E-state index >= 15 is 0 Å². The molecule has 1 heterocycles. The second kappa shape index (κ2) is 5.80. The molecule has 0 radical (unpaired) electrons. The van der Waals surface area contributed by atoms with Gasteiger partial charge < -0.3 is 15.4 Å². The monoisotopic (exact) mass is 247 g/mol. The fourth-order valence-electron chi connectivity index (χ4n) is 2.00. The van der Waals surface area contributed by atoms with E-state index in [0.717, 1.165) is 35.0 Å². The molecule has 96 valence electrons. The average molecular weight is 247 g/mol. The summed E-state index contributed by atoms with van der Waals surface area (Å²) in [4.78, 5) is 14.8. The first-order chi connectivity index (χ1) is 8.70. The first kappa shape index (κ1) is 12.8. The third kappa shape index (κ3) is 2.97. The van der Waals surface area contributed by atoms with Crippen molar-refractivity contribution in [2.75, 3.05) is 13.2 Å². The normalized spacial score (nSPS) is 11.0. The Kier molecular flexibility index (Phi) is 4.12. The lowest BCUT2D eigenvalue weighted by molar-refractivity contribution is -0.671. The quantitative estimate of drug-likeness (QED) is 0.664. The van der Waals surface area contributed by atoms with Crippen LogP contribution in [-0.2, 0) is 6.54 Å². The number of rotatable bonds is 5. The number of aromatic nitrogens is 1. The standard InChI is InChI=1S/C14H18N2O2/c1-10-3-4-11-8-12(9-15-5-2-6-17)14(18)16-13(11)7-10/h3-4,7-8,15,17H,2,5-6,9H2,1H3,(H,16,18)/p+1. The summed E-state index contributed by atoms with van der Waals surface area (Å²) < 4.78 is 0. The van der Waals surface area contributed by atoms with Gasteiger partial charge in [-0.25, -0.2) is 0 Å². The summed E-state index contributed by atoms with van der Waals surface area (Å²) in [6, 6.07) is 8.00. The minimum absolute atomic E-state index is 0.0200. The van der Waals surface area contributed by atoms with Crippen LogP contribution in [0.25, 0.3) is 10.9 Å². The molecule has 0 amide bonds. The fraction of sp³-hybridized carbons (Fsp3) is 0.357. The fourth-order valence-corrected chi connectivity index (χ4v) is 2.00. The number of aryl methyl sites for hydroxylation is 1. The summed E-state index contributed by atoms with van der Waals surface area (Å²) in [6.07, 6.45) is 0.755. The molecule has 0 atom stereocenters. The van der Waals surface area contributed by atoms with Gasteiger partial charge in [0.1, 0.15) is 6.54 Å². The number of hydrogen-bond donors (Lipinski definition) is 3. The molecule has 0 fully saturated rings. The summed E-state index contributed by atoms with van der Waals surface area (Å²) in [5.74, 6) is 0. The largest absolute Gasteiger partial charge is 0.396 e. The Bertz CT molecular complexity index is 590. The molecule has 4 nitrogen and oxygen atoms in total. The highest BCUT2D eigenvalue weighted by Gasteiger charge is 2.04. The number of aliphatic hydroxyl groups is 1. The number of hydrogen-bond acceptors (Lipinski definition) is 2. The number of aromatic amines is 1. The molecule has 0 saturated heterocycles. The highest BCUT2D eigenvalue weighted by atomic mass is 16.3. The van der Waals surface area contributed by atoms with Gasteiger partial charge in [0.15, 0.2) is 0 Å². The van der Waals surface area contributed by atoms with Gasteiger partial charge in [-0.05, 0) is 30.0 Å². The molecule has 1 aromatic carbocycles. The molecule has 0 saturated carbocycles. The Morgan fingerprint density at radius 1 is 1.33 bits per heavy atom. The van der Waals surface area contributed by atoms with E-state index in [9.17, 15) is 4.79 Å². The number of aliphatic hydroxyl groups excluding tert-OH is 1. The van der Waals surface area contributed by atoms with Gasteiger partial charge in [0.2, 0.25) is 0 Å². The molecule has 2 rings (SSSR count). The Morgan fingerprint density at radius 2 is 2.17 bits per heavy atom. The molecule has 0 aliphatic carbocycles. The highest BCUT2D eigenvalue weighted by molar-refractivity contribution is 5.79. The number of pyridine rings is 1. The van der Waals surface area contributed by atoms with Crippen LogP contribution in [0.4, 0.5) is 0 Å². The lowest BCUT2D eigenvalue weighted by Gasteiger charge is -2.04. The second-order valence-electron chi connectivity index (χ2n) is 4.57. The smallest absolute Gasteiger partial charge is 0.257 e.